The minimum atomic E-state index is -2.10. The molecule has 0 N–H and O–H groups in total. The molecule has 1 nitrogen and oxygen atoms in total. The first-order valence-corrected chi connectivity index (χ1v) is 19.3. The van der Waals surface area contributed by atoms with Crippen LogP contribution >= 0.6 is 0 Å². The first-order chi connectivity index (χ1) is 30.5. The molecule has 0 aromatic heterocycles. The third-order valence-electron chi connectivity index (χ3n) is 11.8. The van der Waals surface area contributed by atoms with Crippen LogP contribution in [0.4, 0.5) is 17.1 Å². The van der Waals surface area contributed by atoms with E-state index in [9.17, 15) is 0 Å². The third-order valence-corrected chi connectivity index (χ3v) is 11.8. The number of hydrogen-bond acceptors (Lipinski definition) is 1. The summed E-state index contributed by atoms with van der Waals surface area (Å²) in [5, 5.41) is 0. The van der Waals surface area contributed by atoms with Gasteiger partial charge in [-0.05, 0) is 128 Å². The quantitative estimate of drug-likeness (QED) is 0.158. The number of hydrogen-bond donors (Lipinski definition) is 0. The minimum Gasteiger partial charge on any atom is -0.309 e. The summed E-state index contributed by atoms with van der Waals surface area (Å²) in [7, 11) is 0. The molecule has 0 aliphatic heterocycles. The summed E-state index contributed by atoms with van der Waals surface area (Å²) in [5.41, 5.74) is 16.1. The SMILES string of the molecule is [2H]C1([2H])c2ccc(-c3ccc(N(c4ccc(-c5ccc6c(c5)C([2H])([2H])C6([2H])[2H])cc4-c4ccccc4)c4cccc5c4-c4ccccc4C5(C)C)c(-c4ccccc4)c3)cc2C1([2H])[2H]. The monoisotopic (exact) mass is 725 g/mol. The molecule has 8 aromatic carbocycles. The van der Waals surface area contributed by atoms with Gasteiger partial charge in [0.25, 0.3) is 0 Å². The number of rotatable bonds is 7. The summed E-state index contributed by atoms with van der Waals surface area (Å²) in [6.45, 7) is 4.56. The molecule has 0 spiro atoms. The summed E-state index contributed by atoms with van der Waals surface area (Å²) in [5.74, 6) is 0. The molecule has 0 heterocycles. The molecule has 0 saturated carbocycles. The van der Waals surface area contributed by atoms with Crippen LogP contribution in [0.5, 0.6) is 0 Å². The zero-order chi connectivity index (χ0) is 44.6. The Bertz CT molecular complexity index is 3050. The Kier molecular flexibility index (Phi) is 5.86. The molecule has 8 aromatic rings. The van der Waals surface area contributed by atoms with Gasteiger partial charge in [0, 0.05) is 33.1 Å². The van der Waals surface area contributed by atoms with Gasteiger partial charge < -0.3 is 4.90 Å². The number of anilines is 3. The van der Waals surface area contributed by atoms with Gasteiger partial charge in [-0.25, -0.2) is 0 Å². The highest BCUT2D eigenvalue weighted by Crippen LogP contribution is 2.56. The third kappa shape index (κ3) is 5.22. The summed E-state index contributed by atoms with van der Waals surface area (Å²) in [6, 6.07) is 59.3. The van der Waals surface area contributed by atoms with E-state index in [1.807, 2.05) is 48.5 Å². The van der Waals surface area contributed by atoms with E-state index in [0.717, 1.165) is 67.1 Å². The Hall–Kier alpha value is -6.44. The van der Waals surface area contributed by atoms with E-state index < -0.39 is 25.5 Å². The van der Waals surface area contributed by atoms with Crippen LogP contribution in [0, 0.1) is 0 Å². The molecular weight excluding hydrogens is 675 g/mol. The van der Waals surface area contributed by atoms with Crippen molar-refractivity contribution in [3.63, 3.8) is 0 Å². The van der Waals surface area contributed by atoms with Crippen molar-refractivity contribution in [2.24, 2.45) is 0 Å². The second kappa shape index (κ2) is 12.8. The van der Waals surface area contributed by atoms with Crippen LogP contribution in [0.15, 0.2) is 176 Å². The Morgan fingerprint density at radius 1 is 0.375 bits per heavy atom. The van der Waals surface area contributed by atoms with Gasteiger partial charge in [-0.3, -0.25) is 0 Å². The van der Waals surface area contributed by atoms with Gasteiger partial charge >= 0.3 is 0 Å². The maximum absolute atomic E-state index is 8.58. The fourth-order valence-electron chi connectivity index (χ4n) is 8.85. The lowest BCUT2D eigenvalue weighted by atomic mass is 9.82. The van der Waals surface area contributed by atoms with Gasteiger partial charge in [0.05, 0.1) is 17.1 Å². The van der Waals surface area contributed by atoms with E-state index in [4.69, 9.17) is 11.0 Å². The lowest BCUT2D eigenvalue weighted by Gasteiger charge is -2.33. The predicted molar refractivity (Wildman–Crippen MR) is 235 cm³/mol. The van der Waals surface area contributed by atoms with Crippen molar-refractivity contribution in [3.8, 4) is 55.6 Å². The molecule has 56 heavy (non-hydrogen) atoms. The summed E-state index contributed by atoms with van der Waals surface area (Å²) >= 11 is 0. The molecule has 0 bridgehead atoms. The number of benzene rings is 8. The van der Waals surface area contributed by atoms with Crippen LogP contribution in [0.2, 0.25) is 0 Å². The molecule has 0 radical (unpaired) electrons. The van der Waals surface area contributed by atoms with E-state index >= 15 is 0 Å². The Morgan fingerprint density at radius 2 is 0.839 bits per heavy atom. The van der Waals surface area contributed by atoms with Crippen LogP contribution in [-0.2, 0) is 30.9 Å². The number of fused-ring (bicyclic) bond motifs is 5. The van der Waals surface area contributed by atoms with Crippen LogP contribution in [0.25, 0.3) is 55.6 Å². The number of nitrogens with zero attached hydrogens (tertiary/aromatic N) is 1. The number of aryl methyl sites for hydroxylation is 4. The van der Waals surface area contributed by atoms with Gasteiger partial charge in [0.15, 0.2) is 0 Å². The zero-order valence-electron chi connectivity index (χ0n) is 39.2. The molecule has 1 heteroatoms. The van der Waals surface area contributed by atoms with Crippen LogP contribution in [0.1, 0.15) is 58.2 Å². The second-order valence-electron chi connectivity index (χ2n) is 15.4. The highest BCUT2D eigenvalue weighted by atomic mass is 15.2. The topological polar surface area (TPSA) is 3.24 Å². The Labute approximate surface area is 341 Å². The van der Waals surface area contributed by atoms with Crippen LogP contribution < -0.4 is 4.90 Å². The molecular formula is C55H43N. The smallest absolute Gasteiger partial charge is 0.0543 e. The molecule has 0 atom stereocenters. The standard InChI is InChI=1S/C55H43N/c1-55(2)49-17-10-9-16-46(49)54-50(55)18-11-19-53(54)56(51-30-28-44(34-47(51)38-12-5-3-6-13-38)42-26-22-36-20-24-40(36)32-42)52-31-29-45(35-48(52)39-14-7-4-8-15-39)43-27-23-37-21-25-41(37)33-43/h3-19,22-23,26-35H,20-21,24-25H2,1-2H3/i20D2,21D2,24D2,25D2. The van der Waals surface area contributed by atoms with E-state index in [-0.39, 0.29) is 5.41 Å². The molecule has 268 valence electrons. The molecule has 0 amide bonds. The fraction of sp³-hybridized carbons (Fsp3) is 0.127. The largest absolute Gasteiger partial charge is 0.309 e. The van der Waals surface area contributed by atoms with E-state index in [1.165, 1.54) is 16.7 Å². The van der Waals surface area contributed by atoms with Gasteiger partial charge in [-0.15, -0.1) is 0 Å². The maximum atomic E-state index is 8.58. The molecule has 0 fully saturated rings. The van der Waals surface area contributed by atoms with E-state index in [0.29, 0.717) is 22.3 Å². The average Bonchev–Trinajstić information content (AvgIpc) is 3.55. The van der Waals surface area contributed by atoms with Crippen molar-refractivity contribution in [1.29, 1.82) is 0 Å². The first kappa shape index (κ1) is 25.6. The highest BCUT2D eigenvalue weighted by molar-refractivity contribution is 6.01. The van der Waals surface area contributed by atoms with Crippen LogP contribution in [-0.4, -0.2) is 0 Å². The summed E-state index contributed by atoms with van der Waals surface area (Å²) in [4.78, 5) is 2.37. The van der Waals surface area contributed by atoms with Crippen molar-refractivity contribution in [2.45, 2.75) is 44.8 Å². The summed E-state index contributed by atoms with van der Waals surface area (Å²) in [6.07, 6.45) is -8.31. The lowest BCUT2D eigenvalue weighted by molar-refractivity contribution is 0.660. The maximum Gasteiger partial charge on any atom is 0.0543 e. The van der Waals surface area contributed by atoms with Crippen molar-refractivity contribution >= 4 is 17.1 Å². The van der Waals surface area contributed by atoms with E-state index in [2.05, 4.69) is 122 Å². The van der Waals surface area contributed by atoms with Gasteiger partial charge in [0.1, 0.15) is 0 Å². The molecule has 3 aliphatic rings. The normalized spacial score (nSPS) is 19.8. The second-order valence-corrected chi connectivity index (χ2v) is 15.4. The lowest BCUT2D eigenvalue weighted by Crippen LogP contribution is -2.16. The van der Waals surface area contributed by atoms with Crippen molar-refractivity contribution < 1.29 is 11.0 Å². The minimum absolute atomic E-state index is 0.267. The highest BCUT2D eigenvalue weighted by Gasteiger charge is 2.38. The molecule has 0 unspecified atom stereocenters. The molecule has 0 saturated heterocycles. The van der Waals surface area contributed by atoms with Crippen molar-refractivity contribution in [2.75, 3.05) is 4.90 Å². The fourth-order valence-corrected chi connectivity index (χ4v) is 8.85. The zero-order valence-corrected chi connectivity index (χ0v) is 31.2. The van der Waals surface area contributed by atoms with Gasteiger partial charge in [-0.1, -0.05) is 159 Å². The van der Waals surface area contributed by atoms with Gasteiger partial charge in [0.2, 0.25) is 0 Å². The van der Waals surface area contributed by atoms with Crippen molar-refractivity contribution in [3.05, 3.63) is 209 Å². The Morgan fingerprint density at radius 3 is 1.41 bits per heavy atom. The van der Waals surface area contributed by atoms with Gasteiger partial charge in [-0.2, -0.15) is 0 Å². The first-order valence-electron chi connectivity index (χ1n) is 23.3. The molecule has 3 aliphatic carbocycles. The Balaban J connectivity index is 1.18. The average molecular weight is 726 g/mol. The summed E-state index contributed by atoms with van der Waals surface area (Å²) < 4.78 is 67.9. The predicted octanol–water partition coefficient (Wildman–Crippen LogP) is 14.3. The van der Waals surface area contributed by atoms with E-state index in [1.54, 1.807) is 24.3 Å². The van der Waals surface area contributed by atoms with Crippen LogP contribution in [0.3, 0.4) is 0 Å². The van der Waals surface area contributed by atoms with Crippen molar-refractivity contribution in [1.82, 2.24) is 0 Å². The molecule has 11 rings (SSSR count).